The van der Waals surface area contributed by atoms with Gasteiger partial charge in [0, 0.05) is 0 Å². The SMILES string of the molecule is COc1cccc(-c2c(S)oc3ccc(O)cc3c2=O)c1. The summed E-state index contributed by atoms with van der Waals surface area (Å²) in [6.07, 6.45) is 0. The Balaban J connectivity index is 2.34. The van der Waals surface area contributed by atoms with Gasteiger partial charge in [-0.1, -0.05) is 12.1 Å². The Morgan fingerprint density at radius 1 is 1.19 bits per heavy atom. The minimum absolute atomic E-state index is 0.0123. The zero-order valence-corrected chi connectivity index (χ0v) is 12.1. The molecule has 0 aliphatic heterocycles. The van der Waals surface area contributed by atoms with E-state index in [0.717, 1.165) is 0 Å². The molecule has 21 heavy (non-hydrogen) atoms. The van der Waals surface area contributed by atoms with Crippen LogP contribution in [0, 0.1) is 0 Å². The molecule has 0 bridgehead atoms. The second kappa shape index (κ2) is 5.18. The van der Waals surface area contributed by atoms with Crippen molar-refractivity contribution in [2.45, 2.75) is 5.09 Å². The summed E-state index contributed by atoms with van der Waals surface area (Å²) in [5, 5.41) is 10.1. The van der Waals surface area contributed by atoms with E-state index in [1.807, 2.05) is 0 Å². The fourth-order valence-corrected chi connectivity index (χ4v) is 2.53. The standard InChI is InChI=1S/C16H12O4S/c1-19-11-4-2-3-9(7-11)14-15(18)12-8-10(17)5-6-13(12)20-16(14)21/h2-8,17,21H,1H3. The molecule has 0 amide bonds. The maximum Gasteiger partial charge on any atom is 0.201 e. The summed E-state index contributed by atoms with van der Waals surface area (Å²) >= 11 is 4.27. The predicted octanol–water partition coefficient (Wildman–Crippen LogP) is 3.46. The van der Waals surface area contributed by atoms with Crippen molar-refractivity contribution in [2.75, 3.05) is 7.11 Å². The van der Waals surface area contributed by atoms with Gasteiger partial charge in [-0.15, -0.1) is 12.6 Å². The van der Waals surface area contributed by atoms with Crippen LogP contribution in [-0.4, -0.2) is 12.2 Å². The monoisotopic (exact) mass is 300 g/mol. The summed E-state index contributed by atoms with van der Waals surface area (Å²) in [6.45, 7) is 0. The van der Waals surface area contributed by atoms with E-state index in [9.17, 15) is 9.90 Å². The molecule has 0 saturated carbocycles. The van der Waals surface area contributed by atoms with Crippen LogP contribution in [0.25, 0.3) is 22.1 Å². The first-order valence-electron chi connectivity index (χ1n) is 6.23. The minimum Gasteiger partial charge on any atom is -0.508 e. The molecule has 1 N–H and O–H groups in total. The Morgan fingerprint density at radius 2 is 2.00 bits per heavy atom. The lowest BCUT2D eigenvalue weighted by Gasteiger charge is -2.08. The van der Waals surface area contributed by atoms with Gasteiger partial charge in [-0.05, 0) is 35.9 Å². The number of ether oxygens (including phenoxy) is 1. The van der Waals surface area contributed by atoms with Crippen LogP contribution in [0.1, 0.15) is 0 Å². The molecule has 3 aromatic rings. The molecule has 0 atom stereocenters. The molecule has 2 aromatic carbocycles. The Hall–Kier alpha value is -2.40. The zero-order valence-electron chi connectivity index (χ0n) is 11.2. The van der Waals surface area contributed by atoms with Crippen molar-refractivity contribution in [2.24, 2.45) is 0 Å². The number of hydrogen-bond acceptors (Lipinski definition) is 5. The van der Waals surface area contributed by atoms with Crippen molar-refractivity contribution in [1.82, 2.24) is 0 Å². The molecule has 4 nitrogen and oxygen atoms in total. The Bertz CT molecular complexity index is 883. The lowest BCUT2D eigenvalue weighted by molar-refractivity contribution is 0.415. The average Bonchev–Trinajstić information content (AvgIpc) is 2.48. The van der Waals surface area contributed by atoms with E-state index in [4.69, 9.17) is 9.15 Å². The van der Waals surface area contributed by atoms with Crippen LogP contribution < -0.4 is 10.2 Å². The number of methoxy groups -OCH3 is 1. The van der Waals surface area contributed by atoms with Gasteiger partial charge in [-0.25, -0.2) is 0 Å². The number of aromatic hydroxyl groups is 1. The summed E-state index contributed by atoms with van der Waals surface area (Å²) in [6, 6.07) is 11.5. The number of phenolic OH excluding ortho intramolecular Hbond substituents is 1. The lowest BCUT2D eigenvalue weighted by atomic mass is 10.1. The molecule has 0 unspecified atom stereocenters. The largest absolute Gasteiger partial charge is 0.508 e. The van der Waals surface area contributed by atoms with Gasteiger partial charge in [0.05, 0.1) is 18.1 Å². The highest BCUT2D eigenvalue weighted by Gasteiger charge is 2.15. The van der Waals surface area contributed by atoms with Gasteiger partial charge in [-0.2, -0.15) is 0 Å². The van der Waals surface area contributed by atoms with Gasteiger partial charge >= 0.3 is 0 Å². The number of hydrogen-bond donors (Lipinski definition) is 2. The molecule has 106 valence electrons. The first kappa shape index (κ1) is 13.6. The summed E-state index contributed by atoms with van der Waals surface area (Å²) in [4.78, 5) is 12.6. The Labute approximate surface area is 126 Å². The van der Waals surface area contributed by atoms with E-state index in [1.165, 1.54) is 12.1 Å². The van der Waals surface area contributed by atoms with Gasteiger partial charge in [-0.3, -0.25) is 4.79 Å². The molecular weight excluding hydrogens is 288 g/mol. The fraction of sp³-hybridized carbons (Fsp3) is 0.0625. The molecule has 0 fully saturated rings. The van der Waals surface area contributed by atoms with E-state index < -0.39 is 0 Å². The number of rotatable bonds is 2. The van der Waals surface area contributed by atoms with E-state index in [2.05, 4.69) is 12.6 Å². The van der Waals surface area contributed by atoms with E-state index in [-0.39, 0.29) is 16.3 Å². The third-order valence-electron chi connectivity index (χ3n) is 3.21. The van der Waals surface area contributed by atoms with Gasteiger partial charge in [0.25, 0.3) is 0 Å². The van der Waals surface area contributed by atoms with Crippen molar-refractivity contribution < 1.29 is 14.3 Å². The zero-order chi connectivity index (χ0) is 15.0. The molecule has 5 heteroatoms. The minimum atomic E-state index is -0.245. The third kappa shape index (κ3) is 2.36. The van der Waals surface area contributed by atoms with Gasteiger partial charge in [0.2, 0.25) is 5.43 Å². The quantitative estimate of drug-likeness (QED) is 0.712. The average molecular weight is 300 g/mol. The molecule has 0 radical (unpaired) electrons. The topological polar surface area (TPSA) is 59.7 Å². The van der Waals surface area contributed by atoms with Crippen molar-refractivity contribution in [1.29, 1.82) is 0 Å². The van der Waals surface area contributed by atoms with Gasteiger partial charge in [0.15, 0.2) is 5.09 Å². The van der Waals surface area contributed by atoms with Crippen molar-refractivity contribution >= 4 is 23.6 Å². The van der Waals surface area contributed by atoms with E-state index in [1.54, 1.807) is 37.4 Å². The summed E-state index contributed by atoms with van der Waals surface area (Å²) in [5.41, 5.74) is 1.13. The molecule has 0 aliphatic carbocycles. The molecule has 1 heterocycles. The second-order valence-electron chi connectivity index (χ2n) is 4.52. The highest BCUT2D eigenvalue weighted by Crippen LogP contribution is 2.30. The van der Waals surface area contributed by atoms with Crippen LogP contribution in [0.15, 0.2) is 56.8 Å². The number of fused-ring (bicyclic) bond motifs is 1. The van der Waals surface area contributed by atoms with E-state index >= 15 is 0 Å². The van der Waals surface area contributed by atoms with Crippen LogP contribution in [0.5, 0.6) is 11.5 Å². The molecule has 0 saturated heterocycles. The van der Waals surface area contributed by atoms with Gasteiger partial charge in [0.1, 0.15) is 17.1 Å². The number of thiol groups is 1. The summed E-state index contributed by atoms with van der Waals surface area (Å²) in [7, 11) is 1.56. The molecule has 1 aromatic heterocycles. The van der Waals surface area contributed by atoms with Crippen molar-refractivity contribution in [3.05, 3.63) is 52.7 Å². The van der Waals surface area contributed by atoms with Crippen LogP contribution >= 0.6 is 12.6 Å². The maximum atomic E-state index is 12.6. The summed E-state index contributed by atoms with van der Waals surface area (Å²) in [5.74, 6) is 0.647. The fourth-order valence-electron chi connectivity index (χ4n) is 2.20. The van der Waals surface area contributed by atoms with Gasteiger partial charge < -0.3 is 14.3 Å². The molecular formula is C16H12O4S. The van der Waals surface area contributed by atoms with Crippen LogP contribution in [0.4, 0.5) is 0 Å². The molecule has 3 rings (SSSR count). The van der Waals surface area contributed by atoms with Crippen LogP contribution in [0.2, 0.25) is 0 Å². The second-order valence-corrected chi connectivity index (χ2v) is 4.93. The first-order chi connectivity index (χ1) is 10.1. The highest BCUT2D eigenvalue weighted by molar-refractivity contribution is 7.80. The molecule has 0 spiro atoms. The maximum absolute atomic E-state index is 12.6. The Morgan fingerprint density at radius 3 is 2.76 bits per heavy atom. The van der Waals surface area contributed by atoms with Crippen LogP contribution in [-0.2, 0) is 0 Å². The summed E-state index contributed by atoms with van der Waals surface area (Å²) < 4.78 is 10.7. The number of benzene rings is 2. The predicted molar refractivity (Wildman–Crippen MR) is 83.4 cm³/mol. The van der Waals surface area contributed by atoms with Crippen molar-refractivity contribution in [3.8, 4) is 22.6 Å². The lowest BCUT2D eigenvalue weighted by Crippen LogP contribution is -2.06. The number of phenols is 1. The third-order valence-corrected chi connectivity index (χ3v) is 3.53. The molecule has 0 aliphatic rings. The van der Waals surface area contributed by atoms with Crippen LogP contribution in [0.3, 0.4) is 0 Å². The highest BCUT2D eigenvalue weighted by atomic mass is 32.1. The van der Waals surface area contributed by atoms with E-state index in [0.29, 0.717) is 27.8 Å². The smallest absolute Gasteiger partial charge is 0.201 e. The Kier molecular flexibility index (Phi) is 3.35. The van der Waals surface area contributed by atoms with Crippen molar-refractivity contribution in [3.63, 3.8) is 0 Å². The first-order valence-corrected chi connectivity index (χ1v) is 6.68. The normalized spacial score (nSPS) is 10.8.